The average molecular weight is 336 g/mol. The summed E-state index contributed by atoms with van der Waals surface area (Å²) in [5.41, 5.74) is 0.874. The molecule has 3 heterocycles. The molecule has 0 unspecified atom stereocenters. The minimum Gasteiger partial charge on any atom is -0.492 e. The zero-order valence-electron chi connectivity index (χ0n) is 14.1. The van der Waals surface area contributed by atoms with Crippen molar-refractivity contribution < 1.29 is 14.6 Å². The number of hydrogen-bond donors (Lipinski definition) is 2. The second-order valence-electron chi connectivity index (χ2n) is 5.93. The van der Waals surface area contributed by atoms with Crippen LogP contribution in [0.4, 0.5) is 11.5 Å². The Hall–Kier alpha value is -2.46. The number of hydrogen-bond acceptors (Lipinski definition) is 7. The van der Waals surface area contributed by atoms with E-state index in [-0.39, 0.29) is 29.6 Å². The molecule has 130 valence electrons. The van der Waals surface area contributed by atoms with Crippen molar-refractivity contribution in [1.82, 2.24) is 19.6 Å². The van der Waals surface area contributed by atoms with Gasteiger partial charge in [-0.1, -0.05) is 13.8 Å². The highest BCUT2D eigenvalue weighted by atomic mass is 16.9. The monoisotopic (exact) mass is 336 g/mol. The smallest absolute Gasteiger partial charge is 0.298 e. The SMILES string of the molecule is CC1OC(c2c(N=Nc3c(O)n(C)n(C)c3=O)n[nH]c2C(C)C)O1. The Morgan fingerprint density at radius 2 is 1.92 bits per heavy atom. The molecule has 2 N–H and O–H groups in total. The van der Waals surface area contributed by atoms with Gasteiger partial charge in [-0.05, 0) is 12.8 Å². The topological polar surface area (TPSA) is 119 Å². The molecule has 0 amide bonds. The van der Waals surface area contributed by atoms with Crippen LogP contribution in [0.3, 0.4) is 0 Å². The molecule has 0 aromatic carbocycles. The lowest BCUT2D eigenvalue weighted by molar-refractivity contribution is -0.382. The van der Waals surface area contributed by atoms with Crippen molar-refractivity contribution in [2.75, 3.05) is 0 Å². The highest BCUT2D eigenvalue weighted by molar-refractivity contribution is 5.47. The summed E-state index contributed by atoms with van der Waals surface area (Å²) in [6, 6.07) is 0. The van der Waals surface area contributed by atoms with E-state index in [1.54, 1.807) is 14.0 Å². The van der Waals surface area contributed by atoms with Crippen LogP contribution in [0.25, 0.3) is 0 Å². The first-order chi connectivity index (χ1) is 11.3. The van der Waals surface area contributed by atoms with E-state index in [1.807, 2.05) is 13.8 Å². The zero-order chi connectivity index (χ0) is 17.6. The molecule has 2 aromatic rings. The fourth-order valence-electron chi connectivity index (χ4n) is 2.46. The summed E-state index contributed by atoms with van der Waals surface area (Å²) in [6.07, 6.45) is -0.863. The maximum Gasteiger partial charge on any atom is 0.298 e. The van der Waals surface area contributed by atoms with Crippen molar-refractivity contribution >= 4 is 11.5 Å². The standard InChI is InChI=1S/C14H20N6O4/c1-6(2)9-8(14-23-7(3)24-14)11(17-15-9)18-16-10-12(21)19(4)20(5)13(10)22/h6-7,14,21H,1-5H3,(H,15,17). The predicted molar refractivity (Wildman–Crippen MR) is 83.5 cm³/mol. The highest BCUT2D eigenvalue weighted by Crippen LogP contribution is 2.40. The van der Waals surface area contributed by atoms with Crippen LogP contribution in [0.2, 0.25) is 0 Å². The first-order valence-electron chi connectivity index (χ1n) is 7.57. The number of azo groups is 1. The molecule has 2 aromatic heterocycles. The van der Waals surface area contributed by atoms with Gasteiger partial charge in [0.15, 0.2) is 12.6 Å². The summed E-state index contributed by atoms with van der Waals surface area (Å²) in [4.78, 5) is 12.0. The lowest BCUT2D eigenvalue weighted by atomic mass is 10.0. The van der Waals surface area contributed by atoms with Crippen molar-refractivity contribution in [1.29, 1.82) is 0 Å². The zero-order valence-corrected chi connectivity index (χ0v) is 14.1. The van der Waals surface area contributed by atoms with Gasteiger partial charge in [-0.3, -0.25) is 14.6 Å². The molecule has 24 heavy (non-hydrogen) atoms. The normalized spacial score (nSPS) is 20.9. The van der Waals surface area contributed by atoms with Crippen molar-refractivity contribution in [3.05, 3.63) is 21.6 Å². The van der Waals surface area contributed by atoms with Crippen LogP contribution in [-0.4, -0.2) is 31.0 Å². The number of H-pyrrole nitrogens is 1. The number of aromatic amines is 1. The molecule has 0 bridgehead atoms. The Morgan fingerprint density at radius 3 is 2.42 bits per heavy atom. The molecule has 1 saturated heterocycles. The molecule has 1 fully saturated rings. The van der Waals surface area contributed by atoms with Gasteiger partial charge in [-0.15, -0.1) is 10.2 Å². The van der Waals surface area contributed by atoms with Crippen LogP contribution in [0, 0.1) is 0 Å². The number of ether oxygens (including phenoxy) is 2. The van der Waals surface area contributed by atoms with Gasteiger partial charge < -0.3 is 14.6 Å². The molecule has 3 rings (SSSR count). The van der Waals surface area contributed by atoms with Crippen LogP contribution in [-0.2, 0) is 23.6 Å². The molecular weight excluding hydrogens is 316 g/mol. The van der Waals surface area contributed by atoms with Crippen LogP contribution in [0.5, 0.6) is 5.88 Å². The van der Waals surface area contributed by atoms with Crippen molar-refractivity contribution in [2.24, 2.45) is 24.3 Å². The van der Waals surface area contributed by atoms with E-state index in [4.69, 9.17) is 9.47 Å². The van der Waals surface area contributed by atoms with Crippen LogP contribution in [0.15, 0.2) is 15.0 Å². The Bertz CT molecular complexity index is 840. The summed E-state index contributed by atoms with van der Waals surface area (Å²) in [6.45, 7) is 5.79. The van der Waals surface area contributed by atoms with Crippen molar-refractivity contribution in [3.8, 4) is 5.88 Å². The Balaban J connectivity index is 1.99. The maximum atomic E-state index is 12.0. The lowest BCUT2D eigenvalue weighted by Crippen LogP contribution is -2.32. The van der Waals surface area contributed by atoms with Gasteiger partial charge >= 0.3 is 0 Å². The Labute approximate surface area is 137 Å². The molecule has 0 saturated carbocycles. The third-order valence-corrected chi connectivity index (χ3v) is 3.97. The first-order valence-corrected chi connectivity index (χ1v) is 7.57. The average Bonchev–Trinajstić information content (AvgIpc) is 3.00. The summed E-state index contributed by atoms with van der Waals surface area (Å²) in [5.74, 6) is 0.149. The number of rotatable bonds is 4. The fraction of sp³-hybridized carbons (Fsp3) is 0.571. The van der Waals surface area contributed by atoms with E-state index in [0.29, 0.717) is 5.56 Å². The Morgan fingerprint density at radius 1 is 1.25 bits per heavy atom. The lowest BCUT2D eigenvalue weighted by Gasteiger charge is -2.34. The molecule has 0 aliphatic carbocycles. The van der Waals surface area contributed by atoms with E-state index in [2.05, 4.69) is 20.4 Å². The van der Waals surface area contributed by atoms with Gasteiger partial charge in [0.05, 0.1) is 5.56 Å². The van der Waals surface area contributed by atoms with E-state index in [1.165, 1.54) is 16.4 Å². The predicted octanol–water partition coefficient (Wildman–Crippen LogP) is 2.08. The maximum absolute atomic E-state index is 12.0. The fourth-order valence-corrected chi connectivity index (χ4v) is 2.46. The van der Waals surface area contributed by atoms with Gasteiger partial charge in [0.1, 0.15) is 0 Å². The second kappa shape index (κ2) is 5.87. The summed E-state index contributed by atoms with van der Waals surface area (Å²) in [7, 11) is 3.07. The minimum atomic E-state index is -0.572. The summed E-state index contributed by atoms with van der Waals surface area (Å²) in [5, 5.41) is 24.9. The van der Waals surface area contributed by atoms with Gasteiger partial charge in [-0.25, -0.2) is 4.68 Å². The summed E-state index contributed by atoms with van der Waals surface area (Å²) < 4.78 is 13.6. The molecule has 10 heteroatoms. The third-order valence-electron chi connectivity index (χ3n) is 3.97. The molecule has 0 spiro atoms. The van der Waals surface area contributed by atoms with Gasteiger partial charge in [0, 0.05) is 19.8 Å². The molecule has 0 radical (unpaired) electrons. The van der Waals surface area contributed by atoms with Gasteiger partial charge in [0.2, 0.25) is 17.4 Å². The largest absolute Gasteiger partial charge is 0.492 e. The molecular formula is C14H20N6O4. The Kier molecular flexibility index (Phi) is 4.01. The molecule has 1 aliphatic heterocycles. The second-order valence-corrected chi connectivity index (χ2v) is 5.93. The first kappa shape index (κ1) is 16.4. The minimum absolute atomic E-state index is 0.149. The molecule has 10 nitrogen and oxygen atoms in total. The van der Waals surface area contributed by atoms with Gasteiger partial charge in [-0.2, -0.15) is 5.10 Å². The van der Waals surface area contributed by atoms with E-state index >= 15 is 0 Å². The number of aromatic hydroxyl groups is 1. The van der Waals surface area contributed by atoms with Crippen LogP contribution in [0.1, 0.15) is 44.2 Å². The van der Waals surface area contributed by atoms with Gasteiger partial charge in [0.25, 0.3) is 5.56 Å². The number of nitrogens with one attached hydrogen (secondary N) is 1. The quantitative estimate of drug-likeness (QED) is 0.829. The van der Waals surface area contributed by atoms with E-state index < -0.39 is 11.8 Å². The van der Waals surface area contributed by atoms with Crippen LogP contribution >= 0.6 is 0 Å². The van der Waals surface area contributed by atoms with E-state index in [9.17, 15) is 9.90 Å². The van der Waals surface area contributed by atoms with Crippen molar-refractivity contribution in [3.63, 3.8) is 0 Å². The van der Waals surface area contributed by atoms with Crippen LogP contribution < -0.4 is 5.56 Å². The van der Waals surface area contributed by atoms with Crippen molar-refractivity contribution in [2.45, 2.75) is 39.3 Å². The number of aromatic nitrogens is 4. The highest BCUT2D eigenvalue weighted by Gasteiger charge is 2.35. The molecule has 1 aliphatic rings. The number of nitrogens with zero attached hydrogens (tertiary/aromatic N) is 5. The third kappa shape index (κ3) is 2.53. The van der Waals surface area contributed by atoms with E-state index in [0.717, 1.165) is 5.69 Å². The molecule has 0 atom stereocenters. The summed E-state index contributed by atoms with van der Waals surface area (Å²) >= 11 is 0.